The molecule has 0 heterocycles. The van der Waals surface area contributed by atoms with E-state index < -0.39 is 53.1 Å². The lowest BCUT2D eigenvalue weighted by atomic mass is 9.77. The van der Waals surface area contributed by atoms with Gasteiger partial charge in [-0.2, -0.15) is 0 Å². The predicted molar refractivity (Wildman–Crippen MR) is 219 cm³/mol. The molecule has 4 rings (SSSR count). The van der Waals surface area contributed by atoms with Crippen LogP contribution in [0, 0.1) is 0 Å². The van der Waals surface area contributed by atoms with E-state index in [0.29, 0.717) is 19.4 Å². The number of hydrogen-bond acceptors (Lipinski definition) is 8. The maximum atomic E-state index is 14.2. The molecule has 12 heteroatoms. The van der Waals surface area contributed by atoms with Crippen molar-refractivity contribution in [1.29, 1.82) is 0 Å². The van der Waals surface area contributed by atoms with Crippen LogP contribution in [0.4, 0.5) is 4.79 Å². The molecule has 4 aromatic carbocycles. The maximum absolute atomic E-state index is 14.2. The fourth-order valence-corrected chi connectivity index (χ4v) is 6.48. The molecule has 302 valence electrons. The Hall–Kier alpha value is -6.01. The Bertz CT molecular complexity index is 1790. The van der Waals surface area contributed by atoms with Gasteiger partial charge in [0.15, 0.2) is 0 Å². The zero-order valence-electron chi connectivity index (χ0n) is 33.2. The van der Waals surface area contributed by atoms with Gasteiger partial charge >= 0.3 is 12.1 Å². The first-order valence-electron chi connectivity index (χ1n) is 19.2. The summed E-state index contributed by atoms with van der Waals surface area (Å²) in [7, 11) is 1.22. The summed E-state index contributed by atoms with van der Waals surface area (Å²) in [6.07, 6.45) is 0.514. The lowest BCUT2D eigenvalue weighted by molar-refractivity contribution is -0.145. The van der Waals surface area contributed by atoms with Crippen molar-refractivity contribution in [1.82, 2.24) is 21.3 Å². The Balaban J connectivity index is 1.54. The number of alkyl carbamates (subject to hydrolysis) is 1. The van der Waals surface area contributed by atoms with E-state index in [4.69, 9.17) is 15.2 Å². The number of carbonyl (C=O) groups excluding carboxylic acids is 5. The smallest absolute Gasteiger partial charge is 0.407 e. The second-order valence-electron chi connectivity index (χ2n) is 14.8. The molecule has 3 atom stereocenters. The van der Waals surface area contributed by atoms with Crippen LogP contribution in [0.1, 0.15) is 75.1 Å². The minimum atomic E-state index is -1.23. The van der Waals surface area contributed by atoms with E-state index in [0.717, 1.165) is 22.3 Å². The summed E-state index contributed by atoms with van der Waals surface area (Å²) in [4.78, 5) is 66.6. The number of unbranched alkanes of at least 4 members (excludes halogenated alkanes) is 1. The standard InChI is InChI=1S/C45H55N5O7/c1-44(2,3)57-43(55)47-30-18-17-27-38(42(54)56-4)49-41(53)37(48-40(52)36(46)31-32-19-9-5-10-20-32)28-29-39(51)50-45(33-21-11-6-12-22-33,34-23-13-7-14-24-34)35-25-15-8-16-26-35/h5-16,19-26,36-38H,17-18,27-31,46H2,1-4H3,(H,47,55)(H,48,52)(H,49,53)(H,50,51). The number of methoxy groups -OCH3 is 1. The van der Waals surface area contributed by atoms with Crippen LogP contribution >= 0.6 is 0 Å². The predicted octanol–water partition coefficient (Wildman–Crippen LogP) is 5.28. The SMILES string of the molecule is COC(=O)C(CCCCNC(=O)OC(C)(C)C)NC(=O)C(CCC(=O)NC(c1ccccc1)(c1ccccc1)c1ccccc1)NC(=O)C(N)Cc1ccccc1. The third kappa shape index (κ3) is 13.3. The van der Waals surface area contributed by atoms with Gasteiger partial charge in [0.25, 0.3) is 0 Å². The monoisotopic (exact) mass is 777 g/mol. The van der Waals surface area contributed by atoms with Gasteiger partial charge in [0, 0.05) is 13.0 Å². The molecule has 3 unspecified atom stereocenters. The largest absolute Gasteiger partial charge is 0.467 e. The summed E-state index contributed by atoms with van der Waals surface area (Å²) in [5.41, 5.74) is 7.90. The van der Waals surface area contributed by atoms with Crippen molar-refractivity contribution in [2.24, 2.45) is 5.73 Å². The van der Waals surface area contributed by atoms with E-state index in [1.807, 2.05) is 121 Å². The Morgan fingerprint density at radius 2 is 1.14 bits per heavy atom. The molecule has 0 spiro atoms. The Labute approximate surface area is 335 Å². The highest BCUT2D eigenvalue weighted by molar-refractivity contribution is 5.92. The van der Waals surface area contributed by atoms with E-state index >= 15 is 0 Å². The van der Waals surface area contributed by atoms with Crippen molar-refractivity contribution < 1.29 is 33.4 Å². The molecule has 4 amide bonds. The number of esters is 1. The molecule has 0 aliphatic rings. The molecule has 12 nitrogen and oxygen atoms in total. The summed E-state index contributed by atoms with van der Waals surface area (Å²) in [6.45, 7) is 5.59. The van der Waals surface area contributed by atoms with Gasteiger partial charge in [-0.05, 0) is 75.1 Å². The van der Waals surface area contributed by atoms with Gasteiger partial charge in [-0.3, -0.25) is 14.4 Å². The molecule has 0 bridgehead atoms. The Kier molecular flexibility index (Phi) is 16.4. The molecule has 57 heavy (non-hydrogen) atoms. The summed E-state index contributed by atoms with van der Waals surface area (Å²) in [5.74, 6) is -2.32. The topological polar surface area (TPSA) is 178 Å². The van der Waals surface area contributed by atoms with Crippen molar-refractivity contribution in [2.45, 2.75) is 88.6 Å². The van der Waals surface area contributed by atoms with Crippen LogP contribution in [0.25, 0.3) is 0 Å². The number of amides is 4. The van der Waals surface area contributed by atoms with Crippen molar-refractivity contribution in [2.75, 3.05) is 13.7 Å². The first-order chi connectivity index (χ1) is 27.3. The van der Waals surface area contributed by atoms with Gasteiger partial charge in [0.1, 0.15) is 23.2 Å². The average molecular weight is 778 g/mol. The molecule has 0 saturated carbocycles. The van der Waals surface area contributed by atoms with Crippen LogP contribution in [-0.4, -0.2) is 67.2 Å². The molecule has 0 aromatic heterocycles. The quantitative estimate of drug-likeness (QED) is 0.0485. The minimum absolute atomic E-state index is 0.108. The number of rotatable bonds is 19. The minimum Gasteiger partial charge on any atom is -0.467 e. The zero-order valence-corrected chi connectivity index (χ0v) is 33.2. The number of nitrogens with one attached hydrogen (secondary N) is 4. The third-order valence-corrected chi connectivity index (χ3v) is 9.27. The number of hydrogen-bond donors (Lipinski definition) is 5. The van der Waals surface area contributed by atoms with E-state index in [1.54, 1.807) is 20.8 Å². The fraction of sp³-hybridized carbons (Fsp3) is 0.356. The van der Waals surface area contributed by atoms with Crippen LogP contribution in [0.3, 0.4) is 0 Å². The number of carbonyl (C=O) groups is 5. The normalized spacial score (nSPS) is 12.9. The molecule has 0 saturated heterocycles. The molecule has 0 aliphatic heterocycles. The first-order valence-corrected chi connectivity index (χ1v) is 19.2. The van der Waals surface area contributed by atoms with Crippen LogP contribution in [0.2, 0.25) is 0 Å². The summed E-state index contributed by atoms with van der Waals surface area (Å²) < 4.78 is 10.3. The second-order valence-corrected chi connectivity index (χ2v) is 14.8. The number of nitrogens with two attached hydrogens (primary N) is 1. The van der Waals surface area contributed by atoms with E-state index in [1.165, 1.54) is 7.11 Å². The number of ether oxygens (including phenoxy) is 2. The highest BCUT2D eigenvalue weighted by Gasteiger charge is 2.38. The molecule has 0 fully saturated rings. The van der Waals surface area contributed by atoms with Gasteiger partial charge in [-0.1, -0.05) is 121 Å². The molecule has 6 N–H and O–H groups in total. The molecule has 4 aromatic rings. The molecular weight excluding hydrogens is 723 g/mol. The second kappa shape index (κ2) is 21.3. The van der Waals surface area contributed by atoms with Gasteiger partial charge in [0.05, 0.1) is 13.2 Å². The lowest BCUT2D eigenvalue weighted by Crippen LogP contribution is -2.55. The summed E-state index contributed by atoms with van der Waals surface area (Å²) in [6, 6.07) is 34.8. The molecule has 0 radical (unpaired) electrons. The third-order valence-electron chi connectivity index (χ3n) is 9.27. The molecular formula is C45H55N5O7. The van der Waals surface area contributed by atoms with Gasteiger partial charge in [-0.15, -0.1) is 0 Å². The van der Waals surface area contributed by atoms with E-state index in [2.05, 4.69) is 21.3 Å². The van der Waals surface area contributed by atoms with Crippen molar-refractivity contribution in [3.63, 3.8) is 0 Å². The van der Waals surface area contributed by atoms with Crippen LogP contribution in [-0.2, 0) is 40.6 Å². The van der Waals surface area contributed by atoms with Crippen LogP contribution < -0.4 is 27.0 Å². The Morgan fingerprint density at radius 1 is 0.649 bits per heavy atom. The number of benzene rings is 4. The zero-order chi connectivity index (χ0) is 41.3. The van der Waals surface area contributed by atoms with Gasteiger partial charge in [-0.25, -0.2) is 9.59 Å². The van der Waals surface area contributed by atoms with Crippen molar-refractivity contribution in [3.8, 4) is 0 Å². The highest BCUT2D eigenvalue weighted by atomic mass is 16.6. The Morgan fingerprint density at radius 3 is 1.63 bits per heavy atom. The van der Waals surface area contributed by atoms with Crippen molar-refractivity contribution >= 4 is 29.8 Å². The highest BCUT2D eigenvalue weighted by Crippen LogP contribution is 2.37. The van der Waals surface area contributed by atoms with Crippen LogP contribution in [0.5, 0.6) is 0 Å². The van der Waals surface area contributed by atoms with Crippen molar-refractivity contribution in [3.05, 3.63) is 144 Å². The molecule has 0 aliphatic carbocycles. The first kappa shape index (κ1) is 43.7. The van der Waals surface area contributed by atoms with E-state index in [-0.39, 0.29) is 31.6 Å². The summed E-state index contributed by atoms with van der Waals surface area (Å²) >= 11 is 0. The van der Waals surface area contributed by atoms with E-state index in [9.17, 15) is 24.0 Å². The maximum Gasteiger partial charge on any atom is 0.407 e. The lowest BCUT2D eigenvalue weighted by Gasteiger charge is -2.37. The fourth-order valence-electron chi connectivity index (χ4n) is 6.48. The average Bonchev–Trinajstić information content (AvgIpc) is 3.21. The van der Waals surface area contributed by atoms with Gasteiger partial charge < -0.3 is 36.5 Å². The van der Waals surface area contributed by atoms with Crippen LogP contribution in [0.15, 0.2) is 121 Å². The summed E-state index contributed by atoms with van der Waals surface area (Å²) in [5, 5.41) is 11.4. The van der Waals surface area contributed by atoms with Gasteiger partial charge in [0.2, 0.25) is 17.7 Å².